The average molecular weight is 447 g/mol. The molecule has 0 aromatic heterocycles. The fourth-order valence-electron chi connectivity index (χ4n) is 2.45. The highest BCUT2D eigenvalue weighted by atomic mass is 32.2. The molecular formula is C22H26N2O6S. The van der Waals surface area contributed by atoms with Crippen LogP contribution in [0.1, 0.15) is 19.8 Å². The standard InChI is InChI=1S/C22H26N2O6S/c1-3-19(24-22(27)29-17-12-8-5-9-13-17)30-20(25)18(14-15-31-2)23-21(26)28-16-10-6-4-7-11-16/h4-13,18-19H,3,14-15H2,1-2H3,(H,23,26)(H,24,27)/t18-,19?/m0/s1. The van der Waals surface area contributed by atoms with Gasteiger partial charge in [0, 0.05) is 6.42 Å². The zero-order chi connectivity index (χ0) is 22.5. The van der Waals surface area contributed by atoms with Gasteiger partial charge in [-0.3, -0.25) is 5.32 Å². The van der Waals surface area contributed by atoms with Gasteiger partial charge in [-0.2, -0.15) is 11.8 Å². The van der Waals surface area contributed by atoms with Crippen molar-refractivity contribution in [2.45, 2.75) is 32.0 Å². The van der Waals surface area contributed by atoms with Crippen LogP contribution in [-0.4, -0.2) is 42.4 Å². The lowest BCUT2D eigenvalue weighted by Crippen LogP contribution is -2.47. The first-order valence-electron chi connectivity index (χ1n) is 9.78. The molecule has 31 heavy (non-hydrogen) atoms. The first-order valence-corrected chi connectivity index (χ1v) is 11.2. The Bertz CT molecular complexity index is 834. The summed E-state index contributed by atoms with van der Waals surface area (Å²) in [5.74, 6) is 0.662. The van der Waals surface area contributed by atoms with E-state index in [2.05, 4.69) is 10.6 Å². The molecule has 9 heteroatoms. The first-order chi connectivity index (χ1) is 15.0. The predicted octanol–water partition coefficient (Wildman–Crippen LogP) is 3.96. The van der Waals surface area contributed by atoms with Gasteiger partial charge < -0.3 is 19.5 Å². The third-order valence-electron chi connectivity index (χ3n) is 4.00. The Morgan fingerprint density at radius 3 is 1.87 bits per heavy atom. The van der Waals surface area contributed by atoms with E-state index >= 15 is 0 Å². The summed E-state index contributed by atoms with van der Waals surface area (Å²) in [6.45, 7) is 1.74. The van der Waals surface area contributed by atoms with E-state index in [-0.39, 0.29) is 0 Å². The van der Waals surface area contributed by atoms with Gasteiger partial charge in [-0.05, 0) is 42.7 Å². The van der Waals surface area contributed by atoms with Gasteiger partial charge in [0.05, 0.1) is 0 Å². The third kappa shape index (κ3) is 9.00. The van der Waals surface area contributed by atoms with Crippen LogP contribution < -0.4 is 20.1 Å². The Kier molecular flexibility index (Phi) is 10.2. The maximum absolute atomic E-state index is 12.7. The molecule has 2 atom stereocenters. The minimum Gasteiger partial charge on any atom is -0.440 e. The minimum absolute atomic E-state index is 0.319. The van der Waals surface area contributed by atoms with Crippen LogP contribution in [0.2, 0.25) is 0 Å². The summed E-state index contributed by atoms with van der Waals surface area (Å²) in [4.78, 5) is 36.9. The van der Waals surface area contributed by atoms with Crippen molar-refractivity contribution >= 4 is 29.9 Å². The number of thioether (sulfide) groups is 1. The Balaban J connectivity index is 1.92. The van der Waals surface area contributed by atoms with Crippen LogP contribution in [-0.2, 0) is 9.53 Å². The van der Waals surface area contributed by atoms with Crippen LogP contribution in [0, 0.1) is 0 Å². The van der Waals surface area contributed by atoms with Crippen molar-refractivity contribution in [1.29, 1.82) is 0 Å². The molecule has 0 aliphatic rings. The molecule has 0 bridgehead atoms. The highest BCUT2D eigenvalue weighted by molar-refractivity contribution is 7.98. The van der Waals surface area contributed by atoms with Gasteiger partial charge >= 0.3 is 18.2 Å². The number of ether oxygens (including phenoxy) is 3. The lowest BCUT2D eigenvalue weighted by molar-refractivity contribution is -0.152. The van der Waals surface area contributed by atoms with Crippen LogP contribution in [0.5, 0.6) is 11.5 Å². The monoisotopic (exact) mass is 446 g/mol. The molecule has 0 radical (unpaired) electrons. The Morgan fingerprint density at radius 2 is 1.39 bits per heavy atom. The quantitative estimate of drug-likeness (QED) is 0.420. The lowest BCUT2D eigenvalue weighted by Gasteiger charge is -2.22. The number of carbonyl (C=O) groups is 3. The number of hydrogen-bond donors (Lipinski definition) is 2. The minimum atomic E-state index is -0.926. The molecule has 2 aromatic carbocycles. The summed E-state index contributed by atoms with van der Waals surface area (Å²) in [7, 11) is 0. The second kappa shape index (κ2) is 13.2. The average Bonchev–Trinajstić information content (AvgIpc) is 2.77. The number of rotatable bonds is 10. The highest BCUT2D eigenvalue weighted by Gasteiger charge is 2.26. The fourth-order valence-corrected chi connectivity index (χ4v) is 2.92. The van der Waals surface area contributed by atoms with Crippen LogP contribution in [0.25, 0.3) is 0 Å². The molecule has 0 fully saturated rings. The number of hydrogen-bond acceptors (Lipinski definition) is 7. The second-order valence-corrected chi connectivity index (χ2v) is 7.35. The lowest BCUT2D eigenvalue weighted by atomic mass is 10.2. The molecule has 0 aliphatic carbocycles. The largest absolute Gasteiger partial charge is 0.440 e. The number of nitrogens with one attached hydrogen (secondary N) is 2. The van der Waals surface area contributed by atoms with Crippen molar-refractivity contribution in [2.75, 3.05) is 12.0 Å². The molecule has 0 saturated heterocycles. The number of amides is 2. The molecule has 2 amide bonds. The first kappa shape index (κ1) is 24.1. The van der Waals surface area contributed by atoms with Gasteiger partial charge in [-0.1, -0.05) is 43.3 Å². The molecule has 1 unspecified atom stereocenters. The van der Waals surface area contributed by atoms with Crippen molar-refractivity contribution in [1.82, 2.24) is 10.6 Å². The van der Waals surface area contributed by atoms with Crippen molar-refractivity contribution < 1.29 is 28.6 Å². The molecule has 0 saturated carbocycles. The molecule has 0 spiro atoms. The highest BCUT2D eigenvalue weighted by Crippen LogP contribution is 2.11. The van der Waals surface area contributed by atoms with Crippen LogP contribution in [0.4, 0.5) is 9.59 Å². The second-order valence-electron chi connectivity index (χ2n) is 6.36. The maximum Gasteiger partial charge on any atom is 0.415 e. The molecule has 2 N–H and O–H groups in total. The van der Waals surface area contributed by atoms with E-state index in [9.17, 15) is 14.4 Å². The SMILES string of the molecule is CCC(NC(=O)Oc1ccccc1)OC(=O)[C@H](CCSC)NC(=O)Oc1ccccc1. The van der Waals surface area contributed by atoms with Crippen LogP contribution in [0.15, 0.2) is 60.7 Å². The number of benzene rings is 2. The Hall–Kier alpha value is -3.20. The van der Waals surface area contributed by atoms with Crippen LogP contribution in [0.3, 0.4) is 0 Å². The zero-order valence-electron chi connectivity index (χ0n) is 17.4. The maximum atomic E-state index is 12.7. The predicted molar refractivity (Wildman–Crippen MR) is 118 cm³/mol. The molecule has 0 aliphatic heterocycles. The smallest absolute Gasteiger partial charge is 0.415 e. The number of esters is 1. The van der Waals surface area contributed by atoms with Gasteiger partial charge in [0.15, 0.2) is 6.23 Å². The van der Waals surface area contributed by atoms with Gasteiger partial charge in [0.2, 0.25) is 0 Å². The van der Waals surface area contributed by atoms with E-state index in [1.807, 2.05) is 6.26 Å². The van der Waals surface area contributed by atoms with Crippen molar-refractivity contribution in [2.24, 2.45) is 0 Å². The summed E-state index contributed by atoms with van der Waals surface area (Å²) in [5, 5.41) is 5.03. The third-order valence-corrected chi connectivity index (χ3v) is 4.65. The van der Waals surface area contributed by atoms with E-state index in [1.165, 1.54) is 11.8 Å². The summed E-state index contributed by atoms with van der Waals surface area (Å²) < 4.78 is 15.7. The van der Waals surface area contributed by atoms with E-state index < -0.39 is 30.4 Å². The zero-order valence-corrected chi connectivity index (χ0v) is 18.2. The topological polar surface area (TPSA) is 103 Å². The molecule has 8 nitrogen and oxygen atoms in total. The fraction of sp³-hybridized carbons (Fsp3) is 0.318. The molecular weight excluding hydrogens is 420 g/mol. The summed E-state index contributed by atoms with van der Waals surface area (Å²) in [6, 6.07) is 16.1. The number of para-hydroxylation sites is 2. The molecule has 2 rings (SSSR count). The summed E-state index contributed by atoms with van der Waals surface area (Å²) in [5.41, 5.74) is 0. The molecule has 2 aromatic rings. The van der Waals surface area contributed by atoms with E-state index in [0.29, 0.717) is 30.1 Å². The van der Waals surface area contributed by atoms with Crippen LogP contribution >= 0.6 is 11.8 Å². The van der Waals surface area contributed by atoms with Crippen molar-refractivity contribution in [3.05, 3.63) is 60.7 Å². The van der Waals surface area contributed by atoms with Crippen molar-refractivity contribution in [3.63, 3.8) is 0 Å². The number of carbonyl (C=O) groups excluding carboxylic acids is 3. The normalized spacial score (nSPS) is 12.2. The van der Waals surface area contributed by atoms with E-state index in [0.717, 1.165) is 0 Å². The van der Waals surface area contributed by atoms with Gasteiger partial charge in [0.25, 0.3) is 0 Å². The van der Waals surface area contributed by atoms with Gasteiger partial charge in [0.1, 0.15) is 17.5 Å². The molecule has 0 heterocycles. The Labute approximate surface area is 185 Å². The van der Waals surface area contributed by atoms with E-state index in [1.54, 1.807) is 67.6 Å². The van der Waals surface area contributed by atoms with Gasteiger partial charge in [-0.25, -0.2) is 14.4 Å². The van der Waals surface area contributed by atoms with Crippen molar-refractivity contribution in [3.8, 4) is 11.5 Å². The Morgan fingerprint density at radius 1 is 0.871 bits per heavy atom. The van der Waals surface area contributed by atoms with E-state index in [4.69, 9.17) is 14.2 Å². The summed E-state index contributed by atoms with van der Waals surface area (Å²) in [6.07, 6.45) is 0.128. The molecule has 166 valence electrons. The summed E-state index contributed by atoms with van der Waals surface area (Å²) >= 11 is 1.53. The van der Waals surface area contributed by atoms with Gasteiger partial charge in [-0.15, -0.1) is 0 Å².